The molecule has 6 heteroatoms. The number of carbonyl (C=O) groups is 2. The van der Waals surface area contributed by atoms with Crippen molar-refractivity contribution in [3.8, 4) is 0 Å². The summed E-state index contributed by atoms with van der Waals surface area (Å²) < 4.78 is 0. The second-order valence-electron chi connectivity index (χ2n) is 4.53. The maximum atomic E-state index is 11.2. The van der Waals surface area contributed by atoms with Gasteiger partial charge in [-0.1, -0.05) is 6.92 Å². The van der Waals surface area contributed by atoms with E-state index in [0.29, 0.717) is 26.1 Å². The summed E-state index contributed by atoms with van der Waals surface area (Å²) in [6.07, 6.45) is 1.48. The van der Waals surface area contributed by atoms with Crippen LogP contribution in [-0.4, -0.2) is 63.0 Å². The molecular formula is C13H28N4O2. The second kappa shape index (κ2) is 11.9. The molecule has 0 rings (SSSR count). The lowest BCUT2D eigenvalue weighted by molar-refractivity contribution is -0.121. The van der Waals surface area contributed by atoms with E-state index in [0.717, 1.165) is 26.1 Å². The first-order chi connectivity index (χ1) is 9.10. The SMILES string of the molecule is CCCC(=O)NCCN(C)CCNCC(=O)NCC. The summed E-state index contributed by atoms with van der Waals surface area (Å²) in [6.45, 7) is 8.01. The van der Waals surface area contributed by atoms with Crippen LogP contribution in [0, 0.1) is 0 Å². The molecule has 0 spiro atoms. The third-order valence-corrected chi connectivity index (χ3v) is 2.62. The summed E-state index contributed by atoms with van der Waals surface area (Å²) in [4.78, 5) is 24.5. The van der Waals surface area contributed by atoms with Crippen molar-refractivity contribution in [2.75, 3.05) is 46.3 Å². The largest absolute Gasteiger partial charge is 0.355 e. The molecule has 0 aromatic rings. The van der Waals surface area contributed by atoms with Gasteiger partial charge in [-0.05, 0) is 20.4 Å². The van der Waals surface area contributed by atoms with Crippen LogP contribution >= 0.6 is 0 Å². The number of nitrogens with one attached hydrogen (secondary N) is 3. The molecule has 0 aliphatic carbocycles. The van der Waals surface area contributed by atoms with E-state index in [4.69, 9.17) is 0 Å². The van der Waals surface area contributed by atoms with Gasteiger partial charge in [-0.2, -0.15) is 0 Å². The molecule has 6 nitrogen and oxygen atoms in total. The summed E-state index contributed by atoms with van der Waals surface area (Å²) in [6, 6.07) is 0. The van der Waals surface area contributed by atoms with Crippen LogP contribution < -0.4 is 16.0 Å². The molecule has 112 valence electrons. The molecule has 0 heterocycles. The highest BCUT2D eigenvalue weighted by atomic mass is 16.2. The van der Waals surface area contributed by atoms with Crippen LogP contribution in [0.15, 0.2) is 0 Å². The van der Waals surface area contributed by atoms with Crippen molar-refractivity contribution >= 4 is 11.8 Å². The van der Waals surface area contributed by atoms with E-state index < -0.39 is 0 Å². The summed E-state index contributed by atoms with van der Waals surface area (Å²) >= 11 is 0. The van der Waals surface area contributed by atoms with Gasteiger partial charge in [0.1, 0.15) is 0 Å². The average Bonchev–Trinajstić information content (AvgIpc) is 2.35. The minimum Gasteiger partial charge on any atom is -0.355 e. The Bertz CT molecular complexity index is 259. The van der Waals surface area contributed by atoms with Crippen molar-refractivity contribution < 1.29 is 9.59 Å². The van der Waals surface area contributed by atoms with Gasteiger partial charge in [0.05, 0.1) is 6.54 Å². The lowest BCUT2D eigenvalue weighted by Gasteiger charge is -2.17. The highest BCUT2D eigenvalue weighted by Crippen LogP contribution is 1.85. The van der Waals surface area contributed by atoms with Gasteiger partial charge in [-0.15, -0.1) is 0 Å². The van der Waals surface area contributed by atoms with Crippen molar-refractivity contribution in [2.24, 2.45) is 0 Å². The lowest BCUT2D eigenvalue weighted by Crippen LogP contribution is -2.39. The molecule has 0 saturated carbocycles. The Morgan fingerprint density at radius 3 is 2.32 bits per heavy atom. The third-order valence-electron chi connectivity index (χ3n) is 2.62. The topological polar surface area (TPSA) is 73.5 Å². The summed E-state index contributed by atoms with van der Waals surface area (Å²) in [5.41, 5.74) is 0. The number of nitrogens with zero attached hydrogens (tertiary/aromatic N) is 1. The van der Waals surface area contributed by atoms with Gasteiger partial charge < -0.3 is 20.9 Å². The Balaban J connectivity index is 3.41. The average molecular weight is 272 g/mol. The van der Waals surface area contributed by atoms with Gasteiger partial charge in [0.2, 0.25) is 11.8 Å². The van der Waals surface area contributed by atoms with Gasteiger partial charge in [0.15, 0.2) is 0 Å². The molecule has 0 unspecified atom stereocenters. The molecule has 3 N–H and O–H groups in total. The predicted octanol–water partition coefficient (Wildman–Crippen LogP) is -0.440. The molecule has 0 aromatic heterocycles. The van der Waals surface area contributed by atoms with Gasteiger partial charge in [0, 0.05) is 39.1 Å². The molecule has 0 atom stereocenters. The maximum absolute atomic E-state index is 11.2. The van der Waals surface area contributed by atoms with E-state index in [9.17, 15) is 9.59 Å². The van der Waals surface area contributed by atoms with Gasteiger partial charge in [-0.25, -0.2) is 0 Å². The minimum atomic E-state index is 0.0250. The highest BCUT2D eigenvalue weighted by molar-refractivity contribution is 5.77. The number of hydrogen-bond donors (Lipinski definition) is 3. The van der Waals surface area contributed by atoms with Gasteiger partial charge in [0.25, 0.3) is 0 Å². The monoisotopic (exact) mass is 272 g/mol. The zero-order valence-electron chi connectivity index (χ0n) is 12.4. The number of hydrogen-bond acceptors (Lipinski definition) is 4. The highest BCUT2D eigenvalue weighted by Gasteiger charge is 2.02. The Morgan fingerprint density at radius 2 is 1.68 bits per heavy atom. The molecule has 0 bridgehead atoms. The molecule has 0 aliphatic heterocycles. The number of amides is 2. The fraction of sp³-hybridized carbons (Fsp3) is 0.846. The van der Waals surface area contributed by atoms with E-state index in [2.05, 4.69) is 20.9 Å². The predicted molar refractivity (Wildman–Crippen MR) is 77.0 cm³/mol. The van der Waals surface area contributed by atoms with E-state index in [1.165, 1.54) is 0 Å². The van der Waals surface area contributed by atoms with E-state index in [1.54, 1.807) is 0 Å². The van der Waals surface area contributed by atoms with Crippen LogP contribution in [0.1, 0.15) is 26.7 Å². The quantitative estimate of drug-likeness (QED) is 0.446. The molecule has 0 radical (unpaired) electrons. The Labute approximate surface area is 116 Å². The Hall–Kier alpha value is -1.14. The smallest absolute Gasteiger partial charge is 0.233 e. The minimum absolute atomic E-state index is 0.0250. The molecular weight excluding hydrogens is 244 g/mol. The lowest BCUT2D eigenvalue weighted by atomic mass is 10.3. The number of rotatable bonds is 11. The van der Waals surface area contributed by atoms with E-state index >= 15 is 0 Å². The summed E-state index contributed by atoms with van der Waals surface area (Å²) in [7, 11) is 2.00. The molecule has 19 heavy (non-hydrogen) atoms. The Kier molecular flexibility index (Phi) is 11.2. The first kappa shape index (κ1) is 17.9. The van der Waals surface area contributed by atoms with E-state index in [1.807, 2.05) is 20.9 Å². The second-order valence-corrected chi connectivity index (χ2v) is 4.53. The van der Waals surface area contributed by atoms with Crippen LogP contribution in [-0.2, 0) is 9.59 Å². The summed E-state index contributed by atoms with van der Waals surface area (Å²) in [5.74, 6) is 0.141. The third kappa shape index (κ3) is 11.7. The first-order valence-electron chi connectivity index (χ1n) is 7.02. The van der Waals surface area contributed by atoms with E-state index in [-0.39, 0.29) is 11.8 Å². The van der Waals surface area contributed by atoms with Gasteiger partial charge >= 0.3 is 0 Å². The molecule has 0 aliphatic rings. The van der Waals surface area contributed by atoms with Crippen molar-refractivity contribution in [1.82, 2.24) is 20.9 Å². The molecule has 0 fully saturated rings. The van der Waals surface area contributed by atoms with Crippen LogP contribution in [0.25, 0.3) is 0 Å². The van der Waals surface area contributed by atoms with Crippen LogP contribution in [0.5, 0.6) is 0 Å². The van der Waals surface area contributed by atoms with Crippen molar-refractivity contribution in [1.29, 1.82) is 0 Å². The zero-order chi connectivity index (χ0) is 14.5. The van der Waals surface area contributed by atoms with Crippen LogP contribution in [0.3, 0.4) is 0 Å². The van der Waals surface area contributed by atoms with Gasteiger partial charge in [-0.3, -0.25) is 9.59 Å². The molecule has 0 saturated heterocycles. The number of likely N-dealkylation sites (N-methyl/N-ethyl adjacent to an activating group) is 2. The Morgan fingerprint density at radius 1 is 1.00 bits per heavy atom. The van der Waals surface area contributed by atoms with Crippen molar-refractivity contribution in [2.45, 2.75) is 26.7 Å². The molecule has 0 aromatic carbocycles. The van der Waals surface area contributed by atoms with Crippen LogP contribution in [0.2, 0.25) is 0 Å². The van der Waals surface area contributed by atoms with Crippen molar-refractivity contribution in [3.63, 3.8) is 0 Å². The molecule has 2 amide bonds. The maximum Gasteiger partial charge on any atom is 0.233 e. The fourth-order valence-corrected chi connectivity index (χ4v) is 1.54. The first-order valence-corrected chi connectivity index (χ1v) is 7.02. The number of carbonyl (C=O) groups excluding carboxylic acids is 2. The normalized spacial score (nSPS) is 10.5. The fourth-order valence-electron chi connectivity index (χ4n) is 1.54. The standard InChI is InChI=1S/C13H28N4O2/c1-4-6-12(18)16-8-10-17(3)9-7-14-11-13(19)15-5-2/h14H,4-11H2,1-3H3,(H,15,19)(H,16,18). The summed E-state index contributed by atoms with van der Waals surface area (Å²) in [5, 5.41) is 8.68. The van der Waals surface area contributed by atoms with Crippen LogP contribution in [0.4, 0.5) is 0 Å². The van der Waals surface area contributed by atoms with Crippen molar-refractivity contribution in [3.05, 3.63) is 0 Å². The zero-order valence-corrected chi connectivity index (χ0v) is 12.4.